The smallest absolute Gasteiger partial charge is 0.0491 e. The molecule has 0 aromatic heterocycles. The lowest BCUT2D eigenvalue weighted by atomic mass is 10.1. The van der Waals surface area contributed by atoms with Crippen LogP contribution in [0.25, 0.3) is 0 Å². The number of aliphatic hydroxyl groups is 1. The minimum atomic E-state index is 0.327. The first-order chi connectivity index (χ1) is 6.31. The maximum absolute atomic E-state index is 8.54. The molecule has 0 bridgehead atoms. The highest BCUT2D eigenvalue weighted by Crippen LogP contribution is 2.03. The minimum absolute atomic E-state index is 0.327. The summed E-state index contributed by atoms with van der Waals surface area (Å²) < 4.78 is 5.50. The van der Waals surface area contributed by atoms with Crippen molar-refractivity contribution >= 4 is 0 Å². The molecule has 0 saturated carbocycles. The summed E-state index contributed by atoms with van der Waals surface area (Å²) in [5.74, 6) is 0.692. The first kappa shape index (κ1) is 12.9. The van der Waals surface area contributed by atoms with Crippen molar-refractivity contribution in [1.82, 2.24) is 0 Å². The van der Waals surface area contributed by atoms with E-state index in [4.69, 9.17) is 9.84 Å². The fourth-order valence-corrected chi connectivity index (χ4v) is 1.07. The van der Waals surface area contributed by atoms with Crippen molar-refractivity contribution in [3.63, 3.8) is 0 Å². The van der Waals surface area contributed by atoms with Crippen LogP contribution in [0.1, 0.15) is 46.0 Å². The van der Waals surface area contributed by atoms with Crippen molar-refractivity contribution in [2.45, 2.75) is 46.0 Å². The van der Waals surface area contributed by atoms with Gasteiger partial charge in [-0.15, -0.1) is 0 Å². The summed E-state index contributed by atoms with van der Waals surface area (Å²) in [6.45, 7) is 6.51. The second-order valence-electron chi connectivity index (χ2n) is 3.73. The Bertz CT molecular complexity index is 94.1. The summed E-state index contributed by atoms with van der Waals surface area (Å²) in [5, 5.41) is 8.54. The second-order valence-corrected chi connectivity index (χ2v) is 3.73. The lowest BCUT2D eigenvalue weighted by Crippen LogP contribution is -2.05. The number of ether oxygens (including phenoxy) is 1. The zero-order valence-electron chi connectivity index (χ0n) is 9.09. The van der Waals surface area contributed by atoms with Gasteiger partial charge in [0.05, 0.1) is 0 Å². The Labute approximate surface area is 82.3 Å². The number of rotatable bonds is 9. The molecule has 2 heteroatoms. The van der Waals surface area contributed by atoms with Gasteiger partial charge in [0.1, 0.15) is 0 Å². The molecular weight excluding hydrogens is 164 g/mol. The average Bonchev–Trinajstić information content (AvgIpc) is 2.16. The summed E-state index contributed by atoms with van der Waals surface area (Å²) in [5.41, 5.74) is 0. The maximum atomic E-state index is 8.54. The summed E-state index contributed by atoms with van der Waals surface area (Å²) in [7, 11) is 0. The third-order valence-corrected chi connectivity index (χ3v) is 2.30. The fourth-order valence-electron chi connectivity index (χ4n) is 1.07. The molecule has 0 amide bonds. The van der Waals surface area contributed by atoms with Crippen LogP contribution >= 0.6 is 0 Å². The number of aliphatic hydroxyl groups excluding tert-OH is 1. The summed E-state index contributed by atoms with van der Waals surface area (Å²) in [6.07, 6.45) is 5.58. The van der Waals surface area contributed by atoms with Crippen LogP contribution in [-0.4, -0.2) is 24.9 Å². The van der Waals surface area contributed by atoms with E-state index in [1.165, 1.54) is 12.8 Å². The van der Waals surface area contributed by atoms with Gasteiger partial charge in [-0.2, -0.15) is 0 Å². The lowest BCUT2D eigenvalue weighted by molar-refractivity contribution is 0.0997. The predicted molar refractivity (Wildman–Crippen MR) is 55.8 cm³/mol. The van der Waals surface area contributed by atoms with Gasteiger partial charge in [0, 0.05) is 19.8 Å². The van der Waals surface area contributed by atoms with E-state index < -0.39 is 0 Å². The molecule has 1 N–H and O–H groups in total. The Morgan fingerprint density at radius 3 is 2.46 bits per heavy atom. The molecule has 0 radical (unpaired) electrons. The molecule has 0 aliphatic rings. The third-order valence-electron chi connectivity index (χ3n) is 2.30. The number of hydrogen-bond donors (Lipinski definition) is 1. The maximum Gasteiger partial charge on any atom is 0.0491 e. The SMILES string of the molecule is CCC(C)COCCCCCCO. The predicted octanol–water partition coefficient (Wildman–Crippen LogP) is 2.60. The normalized spacial score (nSPS) is 13.2. The summed E-state index contributed by atoms with van der Waals surface area (Å²) in [6, 6.07) is 0. The van der Waals surface area contributed by atoms with Crippen LogP contribution < -0.4 is 0 Å². The molecule has 0 rings (SSSR count). The van der Waals surface area contributed by atoms with E-state index in [9.17, 15) is 0 Å². The molecule has 0 aliphatic heterocycles. The van der Waals surface area contributed by atoms with Crippen molar-refractivity contribution < 1.29 is 9.84 Å². The lowest BCUT2D eigenvalue weighted by Gasteiger charge is -2.08. The molecule has 0 aromatic carbocycles. The molecule has 0 saturated heterocycles. The Morgan fingerprint density at radius 2 is 1.85 bits per heavy atom. The molecule has 80 valence electrons. The first-order valence-electron chi connectivity index (χ1n) is 5.49. The molecule has 1 unspecified atom stereocenters. The molecule has 0 aliphatic carbocycles. The van der Waals surface area contributed by atoms with E-state index >= 15 is 0 Å². The molecule has 0 heterocycles. The molecule has 1 atom stereocenters. The van der Waals surface area contributed by atoms with Gasteiger partial charge in [-0.25, -0.2) is 0 Å². The Balaban J connectivity index is 2.91. The highest BCUT2D eigenvalue weighted by atomic mass is 16.5. The van der Waals surface area contributed by atoms with Crippen molar-refractivity contribution in [2.75, 3.05) is 19.8 Å². The van der Waals surface area contributed by atoms with Crippen molar-refractivity contribution in [3.05, 3.63) is 0 Å². The van der Waals surface area contributed by atoms with E-state index in [-0.39, 0.29) is 0 Å². The van der Waals surface area contributed by atoms with E-state index in [1.54, 1.807) is 0 Å². The summed E-state index contributed by atoms with van der Waals surface area (Å²) >= 11 is 0. The Kier molecular flexibility index (Phi) is 9.94. The highest BCUT2D eigenvalue weighted by molar-refractivity contribution is 4.47. The quantitative estimate of drug-likeness (QED) is 0.564. The van der Waals surface area contributed by atoms with Gasteiger partial charge >= 0.3 is 0 Å². The standard InChI is InChI=1S/C11H24O2/c1-3-11(2)10-13-9-7-5-4-6-8-12/h11-12H,3-10H2,1-2H3. The van der Waals surface area contributed by atoms with E-state index in [1.807, 2.05) is 0 Å². The van der Waals surface area contributed by atoms with Crippen LogP contribution in [0, 0.1) is 5.92 Å². The molecule has 0 fully saturated rings. The molecule has 2 nitrogen and oxygen atoms in total. The van der Waals surface area contributed by atoms with Crippen molar-refractivity contribution in [2.24, 2.45) is 5.92 Å². The number of hydrogen-bond acceptors (Lipinski definition) is 2. The topological polar surface area (TPSA) is 29.5 Å². The zero-order chi connectivity index (χ0) is 9.94. The minimum Gasteiger partial charge on any atom is -0.396 e. The highest BCUT2D eigenvalue weighted by Gasteiger charge is 1.97. The molecule has 13 heavy (non-hydrogen) atoms. The van der Waals surface area contributed by atoms with Gasteiger partial charge in [-0.1, -0.05) is 33.1 Å². The van der Waals surface area contributed by atoms with Crippen LogP contribution in [0.15, 0.2) is 0 Å². The van der Waals surface area contributed by atoms with Gasteiger partial charge in [0.25, 0.3) is 0 Å². The first-order valence-corrected chi connectivity index (χ1v) is 5.49. The fraction of sp³-hybridized carbons (Fsp3) is 1.00. The largest absolute Gasteiger partial charge is 0.396 e. The van der Waals surface area contributed by atoms with Crippen molar-refractivity contribution in [1.29, 1.82) is 0 Å². The molecular formula is C11H24O2. The van der Waals surface area contributed by atoms with Crippen LogP contribution in [0.4, 0.5) is 0 Å². The van der Waals surface area contributed by atoms with Gasteiger partial charge in [-0.05, 0) is 18.8 Å². The van der Waals surface area contributed by atoms with E-state index in [0.29, 0.717) is 12.5 Å². The van der Waals surface area contributed by atoms with Crippen LogP contribution in [0.5, 0.6) is 0 Å². The second kappa shape index (κ2) is 10.0. The van der Waals surface area contributed by atoms with E-state index in [0.717, 1.165) is 32.5 Å². The average molecular weight is 188 g/mol. The molecule has 0 aromatic rings. The Hall–Kier alpha value is -0.0800. The molecule has 0 spiro atoms. The monoisotopic (exact) mass is 188 g/mol. The number of unbranched alkanes of at least 4 members (excludes halogenated alkanes) is 3. The van der Waals surface area contributed by atoms with Crippen LogP contribution in [-0.2, 0) is 4.74 Å². The zero-order valence-corrected chi connectivity index (χ0v) is 9.09. The summed E-state index contributed by atoms with van der Waals surface area (Å²) in [4.78, 5) is 0. The van der Waals surface area contributed by atoms with Crippen LogP contribution in [0.3, 0.4) is 0 Å². The third kappa shape index (κ3) is 9.84. The van der Waals surface area contributed by atoms with Gasteiger partial charge < -0.3 is 9.84 Å². The van der Waals surface area contributed by atoms with Gasteiger partial charge in [-0.3, -0.25) is 0 Å². The van der Waals surface area contributed by atoms with E-state index in [2.05, 4.69) is 13.8 Å². The van der Waals surface area contributed by atoms with Gasteiger partial charge in [0.15, 0.2) is 0 Å². The van der Waals surface area contributed by atoms with Gasteiger partial charge in [0.2, 0.25) is 0 Å². The Morgan fingerprint density at radius 1 is 1.15 bits per heavy atom. The van der Waals surface area contributed by atoms with Crippen LogP contribution in [0.2, 0.25) is 0 Å². The van der Waals surface area contributed by atoms with Crippen molar-refractivity contribution in [3.8, 4) is 0 Å².